The molecule has 0 aliphatic rings. The van der Waals surface area contributed by atoms with Crippen LogP contribution in [-0.4, -0.2) is 40.1 Å². The number of fused-ring (bicyclic) bond motifs is 1. The summed E-state index contributed by atoms with van der Waals surface area (Å²) in [5, 5.41) is 2.86. The lowest BCUT2D eigenvalue weighted by Gasteiger charge is -2.17. The number of aromatic amines is 1. The van der Waals surface area contributed by atoms with E-state index in [9.17, 15) is 9.59 Å². The van der Waals surface area contributed by atoms with E-state index in [1.165, 1.54) is 4.57 Å². The third kappa shape index (κ3) is 4.34. The van der Waals surface area contributed by atoms with E-state index in [1.54, 1.807) is 0 Å². The molecule has 3 aromatic rings. The molecule has 0 saturated heterocycles. The number of carbonyl (C=O) groups excluding carboxylic acids is 1. The van der Waals surface area contributed by atoms with E-state index in [2.05, 4.69) is 29.0 Å². The number of aromatic nitrogens is 2. The molecule has 1 heterocycles. The number of nitrogens with one attached hydrogen (secondary N) is 2. The number of hydrogen-bond donors (Lipinski definition) is 2. The maximum Gasteiger partial charge on any atom is 0.334 e. The average Bonchev–Trinajstić information content (AvgIpc) is 3.03. The van der Waals surface area contributed by atoms with Crippen LogP contribution in [0, 0.1) is 6.92 Å². The molecule has 0 unspecified atom stereocenters. The number of benzene rings is 2. The molecular formula is C22H28N4O2. The molecule has 148 valence electrons. The van der Waals surface area contributed by atoms with Gasteiger partial charge in [0.25, 0.3) is 0 Å². The monoisotopic (exact) mass is 380 g/mol. The second-order valence-corrected chi connectivity index (χ2v) is 6.98. The van der Waals surface area contributed by atoms with Crippen LogP contribution >= 0.6 is 0 Å². The minimum absolute atomic E-state index is 0.381. The molecule has 28 heavy (non-hydrogen) atoms. The van der Waals surface area contributed by atoms with Crippen molar-refractivity contribution >= 4 is 17.1 Å². The van der Waals surface area contributed by atoms with Gasteiger partial charge in [-0.05, 0) is 55.3 Å². The van der Waals surface area contributed by atoms with E-state index in [1.807, 2.05) is 49.4 Å². The first-order chi connectivity index (χ1) is 13.5. The van der Waals surface area contributed by atoms with Crippen molar-refractivity contribution in [2.75, 3.05) is 19.6 Å². The van der Waals surface area contributed by atoms with Gasteiger partial charge in [0.1, 0.15) is 0 Å². The Morgan fingerprint density at radius 3 is 2.61 bits per heavy atom. The van der Waals surface area contributed by atoms with Crippen LogP contribution in [0.2, 0.25) is 0 Å². The largest absolute Gasteiger partial charge is 0.334 e. The third-order valence-corrected chi connectivity index (χ3v) is 5.25. The van der Waals surface area contributed by atoms with Crippen LogP contribution < -0.4 is 11.0 Å². The number of hydrogen-bond acceptors (Lipinski definition) is 3. The van der Waals surface area contributed by atoms with Crippen LogP contribution in [0.3, 0.4) is 0 Å². The van der Waals surface area contributed by atoms with Crippen LogP contribution in [0.4, 0.5) is 4.79 Å². The summed E-state index contributed by atoms with van der Waals surface area (Å²) in [5.41, 5.74) is 4.11. The lowest BCUT2D eigenvalue weighted by atomic mass is 10.1. The van der Waals surface area contributed by atoms with Crippen molar-refractivity contribution in [1.82, 2.24) is 19.8 Å². The van der Waals surface area contributed by atoms with Crippen molar-refractivity contribution in [2.45, 2.75) is 33.7 Å². The minimum Gasteiger partial charge on any atom is -0.333 e. The van der Waals surface area contributed by atoms with E-state index < -0.39 is 11.7 Å². The van der Waals surface area contributed by atoms with Gasteiger partial charge in [-0.15, -0.1) is 0 Å². The zero-order valence-electron chi connectivity index (χ0n) is 16.8. The molecule has 2 N–H and O–H groups in total. The zero-order valence-corrected chi connectivity index (χ0v) is 16.8. The predicted molar refractivity (Wildman–Crippen MR) is 113 cm³/mol. The maximum absolute atomic E-state index is 12.7. The Morgan fingerprint density at radius 1 is 1.14 bits per heavy atom. The summed E-state index contributed by atoms with van der Waals surface area (Å²) in [6, 6.07) is 13.3. The van der Waals surface area contributed by atoms with E-state index in [0.29, 0.717) is 17.6 Å². The van der Waals surface area contributed by atoms with Gasteiger partial charge in [0.05, 0.1) is 11.0 Å². The molecule has 1 aromatic heterocycles. The summed E-state index contributed by atoms with van der Waals surface area (Å²) in [7, 11) is 0. The quantitative estimate of drug-likeness (QED) is 0.661. The number of likely N-dealkylation sites (N-methyl/N-ethyl adjacent to an activating group) is 1. The Bertz CT molecular complexity index is 1010. The van der Waals surface area contributed by atoms with E-state index in [-0.39, 0.29) is 0 Å². The fraction of sp³-hybridized carbons (Fsp3) is 0.364. The molecule has 0 spiro atoms. The second-order valence-electron chi connectivity index (χ2n) is 6.98. The lowest BCUT2D eigenvalue weighted by molar-refractivity contribution is 0.242. The number of amides is 1. The van der Waals surface area contributed by atoms with Crippen molar-refractivity contribution in [3.63, 3.8) is 0 Å². The first-order valence-electron chi connectivity index (χ1n) is 9.82. The Balaban J connectivity index is 1.80. The number of carbonyl (C=O) groups is 1. The molecule has 0 saturated carbocycles. The van der Waals surface area contributed by atoms with Gasteiger partial charge >= 0.3 is 11.7 Å². The summed E-state index contributed by atoms with van der Waals surface area (Å²) in [4.78, 5) is 30.2. The molecule has 0 aliphatic heterocycles. The zero-order chi connectivity index (χ0) is 20.1. The predicted octanol–water partition coefficient (Wildman–Crippen LogP) is 3.28. The Kier molecular flexibility index (Phi) is 6.31. The molecule has 6 heteroatoms. The highest BCUT2D eigenvalue weighted by Gasteiger charge is 2.14. The van der Waals surface area contributed by atoms with Crippen LogP contribution in [0.15, 0.2) is 47.3 Å². The molecular weight excluding hydrogens is 352 g/mol. The molecule has 1 amide bonds. The summed E-state index contributed by atoms with van der Waals surface area (Å²) in [6.45, 7) is 9.65. The van der Waals surface area contributed by atoms with Crippen molar-refractivity contribution < 1.29 is 4.79 Å². The molecule has 0 bridgehead atoms. The molecule has 0 fully saturated rings. The molecule has 0 atom stereocenters. The standard InChI is InChI=1S/C22H28N4O2/c1-4-25(5-2)13-12-17-10-11-19-20(14-17)26(22(28)24-19)21(27)23-15-18-9-7-6-8-16(18)3/h6-11,14H,4-5,12-13,15H2,1-3H3,(H,23,27)(H,24,28). The highest BCUT2D eigenvalue weighted by atomic mass is 16.2. The lowest BCUT2D eigenvalue weighted by Crippen LogP contribution is -2.34. The van der Waals surface area contributed by atoms with E-state index >= 15 is 0 Å². The highest BCUT2D eigenvalue weighted by molar-refractivity contribution is 5.89. The van der Waals surface area contributed by atoms with Gasteiger partial charge < -0.3 is 15.2 Å². The minimum atomic E-state index is -0.418. The summed E-state index contributed by atoms with van der Waals surface area (Å²) < 4.78 is 1.19. The Morgan fingerprint density at radius 2 is 1.89 bits per heavy atom. The van der Waals surface area contributed by atoms with Crippen molar-refractivity contribution in [1.29, 1.82) is 0 Å². The van der Waals surface area contributed by atoms with Crippen LogP contribution in [-0.2, 0) is 13.0 Å². The number of rotatable bonds is 7. The summed E-state index contributed by atoms with van der Waals surface area (Å²) in [6.07, 6.45) is 0.877. The second kappa shape index (κ2) is 8.89. The maximum atomic E-state index is 12.7. The van der Waals surface area contributed by atoms with Crippen LogP contribution in [0.25, 0.3) is 11.0 Å². The molecule has 6 nitrogen and oxygen atoms in total. The van der Waals surface area contributed by atoms with Gasteiger partial charge in [-0.25, -0.2) is 14.2 Å². The van der Waals surface area contributed by atoms with Crippen LogP contribution in [0.1, 0.15) is 30.5 Å². The average molecular weight is 380 g/mol. The van der Waals surface area contributed by atoms with Gasteiger partial charge in [0.2, 0.25) is 0 Å². The number of nitrogens with zero attached hydrogens (tertiary/aromatic N) is 2. The third-order valence-electron chi connectivity index (χ3n) is 5.25. The van der Waals surface area contributed by atoms with Gasteiger partial charge in [-0.3, -0.25) is 0 Å². The van der Waals surface area contributed by atoms with Crippen molar-refractivity contribution in [3.8, 4) is 0 Å². The Labute approximate surface area is 165 Å². The van der Waals surface area contributed by atoms with Gasteiger partial charge in [-0.1, -0.05) is 44.2 Å². The van der Waals surface area contributed by atoms with Gasteiger partial charge in [0.15, 0.2) is 0 Å². The van der Waals surface area contributed by atoms with Crippen LogP contribution in [0.5, 0.6) is 0 Å². The molecule has 3 rings (SSSR count). The van der Waals surface area contributed by atoms with Gasteiger partial charge in [-0.2, -0.15) is 0 Å². The first kappa shape index (κ1) is 19.9. The van der Waals surface area contributed by atoms with Crippen molar-refractivity contribution in [2.24, 2.45) is 0 Å². The SMILES string of the molecule is CCN(CC)CCc1ccc2[nH]c(=O)n(C(=O)NCc3ccccc3C)c2c1. The Hall–Kier alpha value is -2.86. The van der Waals surface area contributed by atoms with E-state index in [4.69, 9.17) is 0 Å². The number of imidazole rings is 1. The number of H-pyrrole nitrogens is 1. The van der Waals surface area contributed by atoms with Crippen molar-refractivity contribution in [3.05, 3.63) is 69.6 Å². The van der Waals surface area contributed by atoms with Gasteiger partial charge in [0, 0.05) is 13.1 Å². The molecule has 2 aromatic carbocycles. The topological polar surface area (TPSA) is 70.1 Å². The smallest absolute Gasteiger partial charge is 0.333 e. The fourth-order valence-corrected chi connectivity index (χ4v) is 3.39. The first-order valence-corrected chi connectivity index (χ1v) is 9.82. The summed E-state index contributed by atoms with van der Waals surface area (Å²) in [5.74, 6) is 0. The highest BCUT2D eigenvalue weighted by Crippen LogP contribution is 2.14. The van der Waals surface area contributed by atoms with E-state index in [0.717, 1.165) is 42.7 Å². The normalized spacial score (nSPS) is 11.3. The number of aryl methyl sites for hydroxylation is 1. The fourth-order valence-electron chi connectivity index (χ4n) is 3.39. The summed E-state index contributed by atoms with van der Waals surface area (Å²) >= 11 is 0. The molecule has 0 radical (unpaired) electrons. The molecule has 0 aliphatic carbocycles.